The summed E-state index contributed by atoms with van der Waals surface area (Å²) in [5.41, 5.74) is -5.09. The Morgan fingerprint density at radius 2 is 1.70 bits per heavy atom. The van der Waals surface area contributed by atoms with Gasteiger partial charge >= 0.3 is 5.97 Å². The number of carbonyl (C=O) groups is 2. The van der Waals surface area contributed by atoms with Crippen molar-refractivity contribution in [3.05, 3.63) is 47.0 Å². The number of Topliss-reactive ketones (excluding diaryl/α,β-unsaturated/α-hetero) is 1. The van der Waals surface area contributed by atoms with Gasteiger partial charge in [-0.15, -0.1) is 0 Å². The third kappa shape index (κ3) is 4.56. The quantitative estimate of drug-likeness (QED) is 0.260. The number of aliphatic hydroxyl groups excluding tert-OH is 2. The van der Waals surface area contributed by atoms with Crippen LogP contribution in [0.5, 0.6) is 0 Å². The number of ether oxygens (including phenoxy) is 2. The molecule has 196 valence electrons. The molecule has 2 saturated carbocycles. The zero-order valence-corrected chi connectivity index (χ0v) is 31.2. The van der Waals surface area contributed by atoms with Gasteiger partial charge in [-0.3, -0.25) is 4.79 Å². The van der Waals surface area contributed by atoms with Gasteiger partial charge < -0.3 is 29.9 Å². The molecular weight excluding hydrogens is 906 g/mol. The molecule has 5 rings (SSSR count). The van der Waals surface area contributed by atoms with Crippen molar-refractivity contribution >= 4 is 11.8 Å². The van der Waals surface area contributed by atoms with Crippen LogP contribution in [0.3, 0.4) is 0 Å². The molecule has 1 aliphatic heterocycles. The molecule has 0 aromatic heterocycles. The Hall–Kier alpha value is 0.783. The number of ketones is 1. The second-order valence-electron chi connectivity index (χ2n) is 11.5. The molecule has 3 fully saturated rings. The van der Waals surface area contributed by atoms with E-state index in [-0.39, 0.29) is 119 Å². The minimum absolute atomic E-state index is 0. The van der Waals surface area contributed by atoms with E-state index in [2.05, 4.69) is 0 Å². The first kappa shape index (κ1) is 32.3. The summed E-state index contributed by atoms with van der Waals surface area (Å²) >= 11 is 0. The van der Waals surface area contributed by atoms with Gasteiger partial charge in [0.25, 0.3) is 0 Å². The molecule has 4 aliphatic rings. The number of hydrogen-bond donors (Lipinski definition) is 4. The van der Waals surface area contributed by atoms with E-state index in [0.29, 0.717) is 12.0 Å². The summed E-state index contributed by atoms with van der Waals surface area (Å²) in [5, 5.41) is 46.6. The summed E-state index contributed by atoms with van der Waals surface area (Å²) in [6.07, 6.45) is -4.20. The molecule has 37 heavy (non-hydrogen) atoms. The van der Waals surface area contributed by atoms with Crippen molar-refractivity contribution in [1.29, 1.82) is 0 Å². The van der Waals surface area contributed by atoms with Crippen molar-refractivity contribution in [2.45, 2.75) is 82.6 Å². The summed E-state index contributed by atoms with van der Waals surface area (Å²) in [7, 11) is 0. The van der Waals surface area contributed by atoms with Crippen LogP contribution in [0.2, 0.25) is 0 Å². The van der Waals surface area contributed by atoms with Crippen LogP contribution in [0.15, 0.2) is 41.5 Å². The zero-order valence-electron chi connectivity index (χ0n) is 21.7. The largest absolute Gasteiger partial charge is 0.455 e. The fraction of sp³-hybridized carbons (Fsp3) is 0.630. The van der Waals surface area contributed by atoms with E-state index in [0.717, 1.165) is 0 Å². The van der Waals surface area contributed by atoms with Gasteiger partial charge in [0.15, 0.2) is 5.78 Å². The molecule has 1 heterocycles. The van der Waals surface area contributed by atoms with Crippen molar-refractivity contribution in [2.75, 3.05) is 6.61 Å². The normalized spacial score (nSPS) is 41.9. The van der Waals surface area contributed by atoms with Gasteiger partial charge in [0.1, 0.15) is 23.4 Å². The first-order valence-electron chi connectivity index (χ1n) is 12.2. The standard InChI is InChI=1S/C27H34O8.2Ac/c1-14-16(28)12-27(33)22(35-23(31)15-8-6-5-7-9-15)20-25(4,11-10-17-26(20,32)13-34-17)21(30)19(29)18(14)24(27,2)3;;/h5-9,16-17,19-20,22,28-29,32-33H,10-13H2,1-4H3;;/t16?,17?,19?,20?,22?,25-,26?,27?;;/m1../s1. The Balaban J connectivity index is 0.00000190. The minimum Gasteiger partial charge on any atom is -0.455 e. The van der Waals surface area contributed by atoms with Gasteiger partial charge in [0.2, 0.25) is 0 Å². The summed E-state index contributed by atoms with van der Waals surface area (Å²) in [4.78, 5) is 27.3. The van der Waals surface area contributed by atoms with Crippen LogP contribution in [0.25, 0.3) is 0 Å². The second-order valence-corrected chi connectivity index (χ2v) is 11.5. The fourth-order valence-electron chi connectivity index (χ4n) is 7.29. The van der Waals surface area contributed by atoms with E-state index in [4.69, 9.17) is 9.47 Å². The monoisotopic (exact) mass is 940 g/mol. The zero-order chi connectivity index (χ0) is 25.6. The maximum atomic E-state index is 14.0. The van der Waals surface area contributed by atoms with Crippen molar-refractivity contribution in [3.8, 4) is 0 Å². The molecule has 1 aromatic carbocycles. The topological polar surface area (TPSA) is 134 Å². The van der Waals surface area contributed by atoms with E-state index in [1.807, 2.05) is 0 Å². The number of esters is 1. The van der Waals surface area contributed by atoms with E-state index in [9.17, 15) is 30.0 Å². The van der Waals surface area contributed by atoms with E-state index >= 15 is 0 Å². The number of rotatable bonds is 2. The Labute approximate surface area is 288 Å². The van der Waals surface area contributed by atoms with Crippen LogP contribution < -0.4 is 0 Å². The Morgan fingerprint density at radius 1 is 1.08 bits per heavy atom. The van der Waals surface area contributed by atoms with Crippen molar-refractivity contribution in [3.63, 3.8) is 0 Å². The number of benzene rings is 1. The molecule has 10 heteroatoms. The van der Waals surface area contributed by atoms with Gasteiger partial charge in [-0.1, -0.05) is 39.0 Å². The number of hydrogen-bond acceptors (Lipinski definition) is 8. The molecule has 3 aliphatic carbocycles. The van der Waals surface area contributed by atoms with Crippen molar-refractivity contribution in [1.82, 2.24) is 0 Å². The molecule has 0 amide bonds. The van der Waals surface area contributed by atoms with Crippen LogP contribution in [-0.4, -0.2) is 74.4 Å². The van der Waals surface area contributed by atoms with E-state index < -0.39 is 64.1 Å². The first-order chi connectivity index (χ1) is 16.3. The van der Waals surface area contributed by atoms with Crippen molar-refractivity contribution in [2.24, 2.45) is 16.7 Å². The maximum absolute atomic E-state index is 14.0. The summed E-state index contributed by atoms with van der Waals surface area (Å²) in [6.45, 7) is 6.60. The SMILES string of the molecule is CC1=C2C(O)C(=O)[C@]3(C)CCC4OCC4(O)C3C(OC(=O)c3ccccc3)C(O)(CC1O)C2(C)C.[Ac].[Ac]. The molecule has 4 N–H and O–H groups in total. The predicted molar refractivity (Wildman–Crippen MR) is 124 cm³/mol. The molecular formula is C27H34Ac2O8. The van der Waals surface area contributed by atoms with Gasteiger partial charge in [-0.2, -0.15) is 0 Å². The van der Waals surface area contributed by atoms with Crippen LogP contribution in [0.4, 0.5) is 0 Å². The first-order valence-corrected chi connectivity index (χ1v) is 12.2. The van der Waals surface area contributed by atoms with Gasteiger partial charge in [0, 0.05) is 111 Å². The van der Waals surface area contributed by atoms with Crippen LogP contribution >= 0.6 is 0 Å². The summed E-state index contributed by atoms with van der Waals surface area (Å²) in [6, 6.07) is 8.32. The molecule has 0 spiro atoms. The average molecular weight is 941 g/mol. The molecule has 1 saturated heterocycles. The number of aliphatic hydroxyl groups is 4. The fourth-order valence-corrected chi connectivity index (χ4v) is 7.29. The minimum atomic E-state index is -1.90. The molecule has 2 radical (unpaired) electrons. The van der Waals surface area contributed by atoms with Crippen molar-refractivity contribution < 1.29 is 128 Å². The Morgan fingerprint density at radius 3 is 2.27 bits per heavy atom. The summed E-state index contributed by atoms with van der Waals surface area (Å²) in [5.74, 6) is -2.28. The molecule has 1 aromatic rings. The average Bonchev–Trinajstić information content (AvgIpc) is 2.80. The maximum Gasteiger partial charge on any atom is 0.338 e. The second kappa shape index (κ2) is 10.9. The third-order valence-corrected chi connectivity index (χ3v) is 9.51. The van der Waals surface area contributed by atoms with Crippen LogP contribution in [-0.2, 0) is 14.3 Å². The predicted octanol–water partition coefficient (Wildman–Crippen LogP) is 1.54. The Bertz CT molecular complexity index is 1110. The van der Waals surface area contributed by atoms with Gasteiger partial charge in [0.05, 0.1) is 24.4 Å². The molecule has 2 bridgehead atoms. The number of fused-ring (bicyclic) bond motifs is 5. The van der Waals surface area contributed by atoms with Crippen LogP contribution in [0.1, 0.15) is 57.3 Å². The number of carbonyl (C=O) groups excluding carboxylic acids is 2. The van der Waals surface area contributed by atoms with Gasteiger partial charge in [-0.05, 0) is 43.0 Å². The summed E-state index contributed by atoms with van der Waals surface area (Å²) < 4.78 is 11.7. The van der Waals surface area contributed by atoms with Crippen LogP contribution in [0, 0.1) is 105 Å². The molecule has 8 nitrogen and oxygen atoms in total. The van der Waals surface area contributed by atoms with E-state index in [1.165, 1.54) is 0 Å². The third-order valence-electron chi connectivity index (χ3n) is 9.51. The smallest absolute Gasteiger partial charge is 0.338 e. The Kier molecular flexibility index (Phi) is 9.50. The van der Waals surface area contributed by atoms with Gasteiger partial charge in [-0.25, -0.2) is 4.79 Å². The molecule has 8 atom stereocenters. The van der Waals surface area contributed by atoms with E-state index in [1.54, 1.807) is 58.0 Å². The molecule has 7 unspecified atom stereocenters.